The first-order valence-corrected chi connectivity index (χ1v) is 6.15. The van der Waals surface area contributed by atoms with Crippen LogP contribution >= 0.6 is 0 Å². The highest BCUT2D eigenvalue weighted by atomic mass is 19.1. The third-order valence-corrected chi connectivity index (χ3v) is 3.53. The van der Waals surface area contributed by atoms with Gasteiger partial charge in [-0.15, -0.1) is 0 Å². The van der Waals surface area contributed by atoms with Gasteiger partial charge in [-0.25, -0.2) is 9.37 Å². The fraction of sp³-hybridized carbons (Fsp3) is 0.545. The second-order valence-corrected chi connectivity index (χ2v) is 4.83. The standard InChI is InChI=1S/C11H14FN5O3/c1-4-6(12)5(2-18)20-10(4)17-3-14-7-8(17)15-11(13)16-9(7)19/h3-6,10,18H,2H2,1H3,(H3,13,15,16,19). The molecule has 3 rings (SSSR count). The minimum absolute atomic E-state index is 0.0505. The third-order valence-electron chi connectivity index (χ3n) is 3.53. The molecule has 4 unspecified atom stereocenters. The first-order chi connectivity index (χ1) is 9.52. The lowest BCUT2D eigenvalue weighted by Crippen LogP contribution is -2.24. The number of aromatic amines is 1. The Morgan fingerprint density at radius 2 is 2.40 bits per heavy atom. The van der Waals surface area contributed by atoms with Gasteiger partial charge in [-0.05, 0) is 0 Å². The van der Waals surface area contributed by atoms with Crippen molar-refractivity contribution >= 4 is 17.1 Å². The summed E-state index contributed by atoms with van der Waals surface area (Å²) in [6, 6.07) is 0. The van der Waals surface area contributed by atoms with Gasteiger partial charge in [0.2, 0.25) is 5.95 Å². The molecule has 2 aromatic rings. The van der Waals surface area contributed by atoms with Gasteiger partial charge in [-0.1, -0.05) is 6.92 Å². The summed E-state index contributed by atoms with van der Waals surface area (Å²) in [5.41, 5.74) is 5.38. The van der Waals surface area contributed by atoms with Crippen molar-refractivity contribution in [1.29, 1.82) is 0 Å². The normalized spacial score (nSPS) is 30.1. The van der Waals surface area contributed by atoms with Crippen LogP contribution in [-0.4, -0.2) is 43.5 Å². The van der Waals surface area contributed by atoms with Crippen LogP contribution in [0.3, 0.4) is 0 Å². The number of aromatic nitrogens is 4. The summed E-state index contributed by atoms with van der Waals surface area (Å²) < 4.78 is 20.9. The lowest BCUT2D eigenvalue weighted by molar-refractivity contribution is -0.0366. The molecule has 108 valence electrons. The molecule has 1 aliphatic heterocycles. The molecule has 1 saturated heterocycles. The van der Waals surface area contributed by atoms with Gasteiger partial charge in [0.15, 0.2) is 11.2 Å². The number of hydrogen-bond acceptors (Lipinski definition) is 6. The lowest BCUT2D eigenvalue weighted by atomic mass is 10.0. The van der Waals surface area contributed by atoms with Crippen molar-refractivity contribution in [3.63, 3.8) is 0 Å². The number of imidazole rings is 1. The van der Waals surface area contributed by atoms with Crippen LogP contribution < -0.4 is 11.3 Å². The SMILES string of the molecule is CC1C(F)C(CO)OC1n1cnc2c(=O)[nH]c(N)nc21. The van der Waals surface area contributed by atoms with Gasteiger partial charge in [0.1, 0.15) is 18.5 Å². The van der Waals surface area contributed by atoms with Gasteiger partial charge in [0.05, 0.1) is 12.9 Å². The zero-order valence-electron chi connectivity index (χ0n) is 10.7. The van der Waals surface area contributed by atoms with E-state index in [4.69, 9.17) is 15.6 Å². The predicted octanol–water partition coefficient (Wildman–Crippen LogP) is -0.434. The van der Waals surface area contributed by atoms with E-state index in [1.165, 1.54) is 10.9 Å². The van der Waals surface area contributed by atoms with Crippen molar-refractivity contribution in [3.8, 4) is 0 Å². The summed E-state index contributed by atoms with van der Waals surface area (Å²) in [5, 5.41) is 9.09. The molecule has 0 aliphatic carbocycles. The van der Waals surface area contributed by atoms with E-state index in [1.54, 1.807) is 6.92 Å². The molecule has 9 heteroatoms. The third kappa shape index (κ3) is 1.78. The largest absolute Gasteiger partial charge is 0.394 e. The number of nitrogen functional groups attached to an aromatic ring is 1. The molecular weight excluding hydrogens is 269 g/mol. The van der Waals surface area contributed by atoms with Crippen LogP contribution in [0.15, 0.2) is 11.1 Å². The molecule has 4 atom stereocenters. The zero-order chi connectivity index (χ0) is 14.4. The number of rotatable bonds is 2. The second kappa shape index (κ2) is 4.53. The lowest BCUT2D eigenvalue weighted by Gasteiger charge is -2.16. The molecule has 20 heavy (non-hydrogen) atoms. The predicted molar refractivity (Wildman–Crippen MR) is 67.6 cm³/mol. The van der Waals surface area contributed by atoms with E-state index in [9.17, 15) is 9.18 Å². The van der Waals surface area contributed by atoms with Crippen molar-refractivity contribution in [3.05, 3.63) is 16.7 Å². The first-order valence-electron chi connectivity index (χ1n) is 6.15. The molecule has 1 aliphatic rings. The molecule has 4 N–H and O–H groups in total. The number of nitrogens with two attached hydrogens (primary N) is 1. The highest BCUT2D eigenvalue weighted by molar-refractivity contribution is 5.70. The van der Waals surface area contributed by atoms with Crippen LogP contribution in [0.2, 0.25) is 0 Å². The number of ether oxygens (including phenoxy) is 1. The number of H-pyrrole nitrogens is 1. The van der Waals surface area contributed by atoms with Gasteiger partial charge in [0.25, 0.3) is 5.56 Å². The fourth-order valence-electron chi connectivity index (χ4n) is 2.47. The van der Waals surface area contributed by atoms with E-state index in [1.807, 2.05) is 0 Å². The van der Waals surface area contributed by atoms with Crippen LogP contribution in [0, 0.1) is 5.92 Å². The number of anilines is 1. The molecule has 0 spiro atoms. The van der Waals surface area contributed by atoms with Crippen molar-refractivity contribution in [1.82, 2.24) is 19.5 Å². The summed E-state index contributed by atoms with van der Waals surface area (Å²) in [5.74, 6) is -0.558. The Hall–Kier alpha value is -2.00. The Balaban J connectivity index is 2.09. The van der Waals surface area contributed by atoms with Crippen LogP contribution in [-0.2, 0) is 4.74 Å². The zero-order valence-corrected chi connectivity index (χ0v) is 10.7. The Morgan fingerprint density at radius 1 is 1.65 bits per heavy atom. The quantitative estimate of drug-likeness (QED) is 0.687. The first kappa shape index (κ1) is 13.0. The highest BCUT2D eigenvalue weighted by Gasteiger charge is 2.43. The maximum absolute atomic E-state index is 14.0. The highest BCUT2D eigenvalue weighted by Crippen LogP contribution is 2.37. The van der Waals surface area contributed by atoms with Crippen LogP contribution in [0.4, 0.5) is 10.3 Å². The average molecular weight is 283 g/mol. The number of nitrogens with zero attached hydrogens (tertiary/aromatic N) is 3. The fourth-order valence-corrected chi connectivity index (χ4v) is 2.47. The molecule has 0 radical (unpaired) electrons. The number of hydrogen-bond donors (Lipinski definition) is 3. The number of aliphatic hydroxyl groups is 1. The van der Waals surface area contributed by atoms with E-state index in [2.05, 4.69) is 15.0 Å². The van der Waals surface area contributed by atoms with Crippen molar-refractivity contribution in [2.45, 2.75) is 25.4 Å². The molecule has 1 fully saturated rings. The summed E-state index contributed by atoms with van der Waals surface area (Å²) >= 11 is 0. The Kier molecular flexibility index (Phi) is 2.94. The summed E-state index contributed by atoms with van der Waals surface area (Å²) in [6.45, 7) is 1.25. The van der Waals surface area contributed by atoms with Crippen LogP contribution in [0.5, 0.6) is 0 Å². The molecule has 0 amide bonds. The minimum Gasteiger partial charge on any atom is -0.394 e. The Labute approximate surface area is 112 Å². The topological polar surface area (TPSA) is 119 Å². The Bertz CT molecular complexity index is 699. The average Bonchev–Trinajstić information content (AvgIpc) is 2.93. The van der Waals surface area contributed by atoms with Crippen molar-refractivity contribution in [2.24, 2.45) is 5.92 Å². The van der Waals surface area contributed by atoms with Crippen LogP contribution in [0.1, 0.15) is 13.2 Å². The van der Waals surface area contributed by atoms with Crippen LogP contribution in [0.25, 0.3) is 11.2 Å². The van der Waals surface area contributed by atoms with E-state index in [0.717, 1.165) is 0 Å². The summed E-state index contributed by atoms with van der Waals surface area (Å²) in [7, 11) is 0. The van der Waals surface area contributed by atoms with E-state index in [-0.39, 0.29) is 17.1 Å². The van der Waals surface area contributed by atoms with Crippen molar-refractivity contribution in [2.75, 3.05) is 12.3 Å². The van der Waals surface area contributed by atoms with Gasteiger partial charge < -0.3 is 15.6 Å². The maximum Gasteiger partial charge on any atom is 0.280 e. The minimum atomic E-state index is -1.30. The molecular formula is C11H14FN5O3. The number of aliphatic hydroxyl groups excluding tert-OH is 1. The van der Waals surface area contributed by atoms with Crippen molar-refractivity contribution < 1.29 is 14.2 Å². The van der Waals surface area contributed by atoms with E-state index < -0.39 is 36.6 Å². The van der Waals surface area contributed by atoms with Gasteiger partial charge >= 0.3 is 0 Å². The maximum atomic E-state index is 14.0. The van der Waals surface area contributed by atoms with E-state index >= 15 is 0 Å². The van der Waals surface area contributed by atoms with Gasteiger partial charge in [-0.3, -0.25) is 14.3 Å². The molecule has 3 heterocycles. The summed E-state index contributed by atoms with van der Waals surface area (Å²) in [6.07, 6.45) is -1.53. The molecule has 2 aromatic heterocycles. The van der Waals surface area contributed by atoms with Gasteiger partial charge in [-0.2, -0.15) is 4.98 Å². The monoisotopic (exact) mass is 283 g/mol. The van der Waals surface area contributed by atoms with E-state index in [0.29, 0.717) is 0 Å². The smallest absolute Gasteiger partial charge is 0.280 e. The second-order valence-electron chi connectivity index (χ2n) is 4.83. The number of halogens is 1. The van der Waals surface area contributed by atoms with Gasteiger partial charge in [0, 0.05) is 5.92 Å². The molecule has 0 aromatic carbocycles. The number of nitrogens with one attached hydrogen (secondary N) is 1. The molecule has 0 saturated carbocycles. The Morgan fingerprint density at radius 3 is 3.05 bits per heavy atom. The molecule has 0 bridgehead atoms. The number of fused-ring (bicyclic) bond motifs is 1. The molecule has 8 nitrogen and oxygen atoms in total. The summed E-state index contributed by atoms with van der Waals surface area (Å²) in [4.78, 5) is 22.0. The number of alkyl halides is 1.